The molecular formula is C10H13Cl2N3. The lowest BCUT2D eigenvalue weighted by molar-refractivity contribution is 0.479. The standard InChI is InChI=1S/C10H13Cl2N3/c11-7-4-9(12)10(14-5-7)15-8-2-1-3-13-6-8/h4-5,8,13H,1-3,6H2,(H,14,15). The molecule has 5 heteroatoms. The van der Waals surface area contributed by atoms with Crippen LogP contribution in [0.1, 0.15) is 12.8 Å². The summed E-state index contributed by atoms with van der Waals surface area (Å²) in [5.41, 5.74) is 0. The topological polar surface area (TPSA) is 37.0 Å². The van der Waals surface area contributed by atoms with Crippen LogP contribution in [0.25, 0.3) is 0 Å². The number of piperidine rings is 1. The highest BCUT2D eigenvalue weighted by atomic mass is 35.5. The first kappa shape index (κ1) is 11.0. The fourth-order valence-electron chi connectivity index (χ4n) is 1.69. The highest BCUT2D eigenvalue weighted by molar-refractivity contribution is 6.35. The molecule has 15 heavy (non-hydrogen) atoms. The number of rotatable bonds is 2. The van der Waals surface area contributed by atoms with Gasteiger partial charge in [-0.2, -0.15) is 0 Å². The van der Waals surface area contributed by atoms with Gasteiger partial charge in [0.2, 0.25) is 0 Å². The van der Waals surface area contributed by atoms with Crippen molar-refractivity contribution >= 4 is 29.0 Å². The van der Waals surface area contributed by atoms with E-state index in [9.17, 15) is 0 Å². The second kappa shape index (κ2) is 5.01. The largest absolute Gasteiger partial charge is 0.365 e. The van der Waals surface area contributed by atoms with E-state index in [1.807, 2.05) is 0 Å². The number of aromatic nitrogens is 1. The monoisotopic (exact) mass is 245 g/mol. The minimum absolute atomic E-state index is 0.407. The molecule has 82 valence electrons. The SMILES string of the molecule is Clc1cnc(NC2CCCNC2)c(Cl)c1. The minimum Gasteiger partial charge on any atom is -0.365 e. The van der Waals surface area contributed by atoms with E-state index >= 15 is 0 Å². The average molecular weight is 246 g/mol. The van der Waals surface area contributed by atoms with Crippen LogP contribution in [0.15, 0.2) is 12.3 Å². The fraction of sp³-hybridized carbons (Fsp3) is 0.500. The summed E-state index contributed by atoms with van der Waals surface area (Å²) < 4.78 is 0. The van der Waals surface area contributed by atoms with Crippen LogP contribution < -0.4 is 10.6 Å². The fourth-order valence-corrected chi connectivity index (χ4v) is 2.12. The Kier molecular flexibility index (Phi) is 3.67. The van der Waals surface area contributed by atoms with Crippen molar-refractivity contribution in [2.24, 2.45) is 0 Å². The first-order chi connectivity index (χ1) is 7.25. The van der Waals surface area contributed by atoms with E-state index in [-0.39, 0.29) is 0 Å². The molecule has 0 spiro atoms. The molecule has 1 unspecified atom stereocenters. The van der Waals surface area contributed by atoms with Crippen LogP contribution in [-0.4, -0.2) is 24.1 Å². The molecular weight excluding hydrogens is 233 g/mol. The van der Waals surface area contributed by atoms with Crippen molar-refractivity contribution in [2.45, 2.75) is 18.9 Å². The Morgan fingerprint density at radius 3 is 3.00 bits per heavy atom. The number of halogens is 2. The summed E-state index contributed by atoms with van der Waals surface area (Å²) in [4.78, 5) is 4.17. The number of nitrogens with zero attached hydrogens (tertiary/aromatic N) is 1. The van der Waals surface area contributed by atoms with E-state index in [4.69, 9.17) is 23.2 Å². The number of anilines is 1. The Morgan fingerprint density at radius 2 is 2.33 bits per heavy atom. The molecule has 0 saturated carbocycles. The molecule has 2 N–H and O–H groups in total. The van der Waals surface area contributed by atoms with Gasteiger partial charge in [-0.25, -0.2) is 4.98 Å². The molecule has 3 nitrogen and oxygen atoms in total. The smallest absolute Gasteiger partial charge is 0.145 e. The van der Waals surface area contributed by atoms with Gasteiger partial charge in [-0.05, 0) is 25.5 Å². The third kappa shape index (κ3) is 2.97. The van der Waals surface area contributed by atoms with Crippen LogP contribution in [0.4, 0.5) is 5.82 Å². The zero-order valence-electron chi connectivity index (χ0n) is 8.26. The Bertz CT molecular complexity index is 337. The Labute approximate surface area is 99.2 Å². The van der Waals surface area contributed by atoms with Crippen LogP contribution in [0.5, 0.6) is 0 Å². The first-order valence-electron chi connectivity index (χ1n) is 5.04. The average Bonchev–Trinajstić information content (AvgIpc) is 2.24. The minimum atomic E-state index is 0.407. The second-order valence-corrected chi connectivity index (χ2v) is 4.52. The quantitative estimate of drug-likeness (QED) is 0.842. The normalized spacial score (nSPS) is 21.3. The van der Waals surface area contributed by atoms with Gasteiger partial charge in [0.25, 0.3) is 0 Å². The van der Waals surface area contributed by atoms with E-state index in [0.717, 1.165) is 25.3 Å². The van der Waals surface area contributed by atoms with Crippen molar-refractivity contribution in [3.05, 3.63) is 22.3 Å². The van der Waals surface area contributed by atoms with Gasteiger partial charge < -0.3 is 10.6 Å². The Hall–Kier alpha value is -0.510. The van der Waals surface area contributed by atoms with E-state index in [0.29, 0.717) is 16.1 Å². The van der Waals surface area contributed by atoms with Crippen LogP contribution in [-0.2, 0) is 0 Å². The van der Waals surface area contributed by atoms with Gasteiger partial charge in [-0.15, -0.1) is 0 Å². The van der Waals surface area contributed by atoms with Gasteiger partial charge in [0.1, 0.15) is 5.82 Å². The number of hydrogen-bond donors (Lipinski definition) is 2. The Balaban J connectivity index is 2.03. The van der Waals surface area contributed by atoms with Crippen molar-refractivity contribution in [3.8, 4) is 0 Å². The van der Waals surface area contributed by atoms with Crippen molar-refractivity contribution in [3.63, 3.8) is 0 Å². The van der Waals surface area contributed by atoms with Gasteiger partial charge in [-0.3, -0.25) is 0 Å². The lowest BCUT2D eigenvalue weighted by atomic mass is 10.1. The summed E-state index contributed by atoms with van der Waals surface area (Å²) in [6.45, 7) is 2.06. The molecule has 1 aliphatic heterocycles. The van der Waals surface area contributed by atoms with Gasteiger partial charge in [0.15, 0.2) is 0 Å². The van der Waals surface area contributed by atoms with Crippen molar-refractivity contribution in [1.29, 1.82) is 0 Å². The van der Waals surface area contributed by atoms with Crippen LogP contribution in [0.2, 0.25) is 10.0 Å². The maximum Gasteiger partial charge on any atom is 0.145 e. The summed E-state index contributed by atoms with van der Waals surface area (Å²) in [5.74, 6) is 0.717. The summed E-state index contributed by atoms with van der Waals surface area (Å²) >= 11 is 11.8. The van der Waals surface area contributed by atoms with Gasteiger partial charge in [-0.1, -0.05) is 23.2 Å². The predicted octanol–water partition coefficient (Wildman–Crippen LogP) is 2.55. The zero-order chi connectivity index (χ0) is 10.7. The predicted molar refractivity (Wildman–Crippen MR) is 63.8 cm³/mol. The molecule has 1 aliphatic rings. The van der Waals surface area contributed by atoms with Gasteiger partial charge >= 0.3 is 0 Å². The third-order valence-corrected chi connectivity index (χ3v) is 2.94. The molecule has 1 fully saturated rings. The van der Waals surface area contributed by atoms with Crippen molar-refractivity contribution < 1.29 is 0 Å². The van der Waals surface area contributed by atoms with Crippen LogP contribution >= 0.6 is 23.2 Å². The maximum absolute atomic E-state index is 6.02. The highest BCUT2D eigenvalue weighted by Crippen LogP contribution is 2.23. The highest BCUT2D eigenvalue weighted by Gasteiger charge is 2.14. The molecule has 0 bridgehead atoms. The summed E-state index contributed by atoms with van der Waals surface area (Å²) in [6.07, 6.45) is 3.93. The molecule has 0 aliphatic carbocycles. The molecule has 0 radical (unpaired) electrons. The number of pyridine rings is 1. The zero-order valence-corrected chi connectivity index (χ0v) is 9.78. The maximum atomic E-state index is 6.02. The van der Waals surface area contributed by atoms with Crippen molar-refractivity contribution in [1.82, 2.24) is 10.3 Å². The van der Waals surface area contributed by atoms with E-state index < -0.39 is 0 Å². The number of hydrogen-bond acceptors (Lipinski definition) is 3. The van der Waals surface area contributed by atoms with Crippen molar-refractivity contribution in [2.75, 3.05) is 18.4 Å². The summed E-state index contributed by atoms with van der Waals surface area (Å²) in [6, 6.07) is 2.11. The molecule has 2 rings (SSSR count). The van der Waals surface area contributed by atoms with Gasteiger partial charge in [0, 0.05) is 18.8 Å². The van der Waals surface area contributed by atoms with Crippen LogP contribution in [0, 0.1) is 0 Å². The van der Waals surface area contributed by atoms with Gasteiger partial charge in [0.05, 0.1) is 10.0 Å². The molecule has 1 saturated heterocycles. The van der Waals surface area contributed by atoms with E-state index in [2.05, 4.69) is 15.6 Å². The van der Waals surface area contributed by atoms with E-state index in [1.165, 1.54) is 6.42 Å². The molecule has 1 aromatic heterocycles. The van der Waals surface area contributed by atoms with E-state index in [1.54, 1.807) is 12.3 Å². The second-order valence-electron chi connectivity index (χ2n) is 3.67. The number of nitrogens with one attached hydrogen (secondary N) is 2. The lowest BCUT2D eigenvalue weighted by Gasteiger charge is -2.24. The summed E-state index contributed by atoms with van der Waals surface area (Å²) in [5, 5.41) is 7.78. The molecule has 1 aromatic rings. The third-order valence-electron chi connectivity index (χ3n) is 2.45. The first-order valence-corrected chi connectivity index (χ1v) is 5.79. The molecule has 1 atom stereocenters. The molecule has 2 heterocycles. The lowest BCUT2D eigenvalue weighted by Crippen LogP contribution is -2.38. The summed E-state index contributed by atoms with van der Waals surface area (Å²) in [7, 11) is 0. The molecule has 0 amide bonds. The van der Waals surface area contributed by atoms with Crippen LogP contribution in [0.3, 0.4) is 0 Å². The molecule has 0 aromatic carbocycles. The Morgan fingerprint density at radius 1 is 1.47 bits per heavy atom.